The average molecular weight is 338 g/mol. The topological polar surface area (TPSA) is 42.0 Å². The number of phenols is 1. The van der Waals surface area contributed by atoms with Gasteiger partial charge in [0, 0.05) is 4.47 Å². The molecule has 1 aliphatic heterocycles. The van der Waals surface area contributed by atoms with Gasteiger partial charge in [0.05, 0.1) is 11.1 Å². The van der Waals surface area contributed by atoms with Crippen molar-refractivity contribution in [3.05, 3.63) is 20.6 Å². The van der Waals surface area contributed by atoms with Gasteiger partial charge in [-0.05, 0) is 50.4 Å². The van der Waals surface area contributed by atoms with Gasteiger partial charge in [-0.25, -0.2) is 0 Å². The highest BCUT2D eigenvalue weighted by Gasteiger charge is 2.24. The molecule has 0 amide bonds. The van der Waals surface area contributed by atoms with Crippen LogP contribution in [0.1, 0.15) is 5.56 Å². The van der Waals surface area contributed by atoms with E-state index in [9.17, 15) is 5.11 Å². The second kappa shape index (κ2) is 4.31. The van der Waals surface area contributed by atoms with Crippen LogP contribution in [-0.4, -0.2) is 24.4 Å². The summed E-state index contributed by atoms with van der Waals surface area (Å²) in [5.74, 6) is 0.642. The summed E-state index contributed by atoms with van der Waals surface area (Å²) in [7, 11) is 0. The summed E-state index contributed by atoms with van der Waals surface area (Å²) in [6.45, 7) is 3.04. The van der Waals surface area contributed by atoms with Crippen LogP contribution in [-0.2, 0) is 4.74 Å². The van der Waals surface area contributed by atoms with Crippen LogP contribution in [0.4, 0.5) is 0 Å². The summed E-state index contributed by atoms with van der Waals surface area (Å²) in [5, 5.41) is 9.82. The zero-order chi connectivity index (χ0) is 11.0. The molecule has 3 nitrogen and oxygen atoms in total. The molecule has 0 spiro atoms. The molecule has 1 aromatic rings. The summed E-state index contributed by atoms with van der Waals surface area (Å²) >= 11 is 6.75. The quantitative estimate of drug-likeness (QED) is 0.862. The Kier molecular flexibility index (Phi) is 3.23. The van der Waals surface area contributed by atoms with Crippen molar-refractivity contribution in [3.8, 4) is 11.5 Å². The Bertz CT molecular complexity index is 362. The van der Waals surface area contributed by atoms with Gasteiger partial charge in [0.2, 0.25) is 0 Å². The van der Waals surface area contributed by atoms with Crippen molar-refractivity contribution in [1.82, 2.24) is 0 Å². The Morgan fingerprint density at radius 2 is 2.27 bits per heavy atom. The molecule has 1 heterocycles. The summed E-state index contributed by atoms with van der Waals surface area (Å²) in [4.78, 5) is 0. The molecule has 1 fully saturated rings. The van der Waals surface area contributed by atoms with Gasteiger partial charge in [-0.3, -0.25) is 0 Å². The van der Waals surface area contributed by atoms with Gasteiger partial charge in [-0.1, -0.05) is 0 Å². The number of hydrogen-bond acceptors (Lipinski definition) is 3. The largest absolute Gasteiger partial charge is 0.504 e. The maximum absolute atomic E-state index is 9.82. The highest BCUT2D eigenvalue weighted by Crippen LogP contribution is 2.42. The van der Waals surface area contributed by atoms with E-state index in [0.29, 0.717) is 12.4 Å². The van der Waals surface area contributed by atoms with Crippen LogP contribution in [0, 0.1) is 6.92 Å². The lowest BCUT2D eigenvalue weighted by atomic mass is 10.2. The number of halogens is 2. The number of aromatic hydroxyl groups is 1. The zero-order valence-electron chi connectivity index (χ0n) is 8.09. The first-order valence-corrected chi connectivity index (χ1v) is 6.10. The lowest BCUT2D eigenvalue weighted by Gasteiger charge is -2.12. The normalized spacial score (nSPS) is 19.0. The van der Waals surface area contributed by atoms with E-state index in [-0.39, 0.29) is 11.9 Å². The van der Waals surface area contributed by atoms with Gasteiger partial charge >= 0.3 is 0 Å². The number of epoxide rings is 1. The fourth-order valence-corrected chi connectivity index (χ4v) is 2.13. The van der Waals surface area contributed by atoms with Gasteiger partial charge in [0.15, 0.2) is 11.5 Å². The molecule has 0 saturated carbocycles. The van der Waals surface area contributed by atoms with Gasteiger partial charge in [-0.2, -0.15) is 0 Å². The minimum absolute atomic E-state index is 0.172. The predicted octanol–water partition coefficient (Wildman–Crippen LogP) is 3.00. The number of ether oxygens (including phenoxy) is 2. The Balaban J connectivity index is 2.25. The minimum atomic E-state index is 0.172. The van der Waals surface area contributed by atoms with E-state index in [1.54, 1.807) is 0 Å². The Morgan fingerprint density at radius 3 is 2.87 bits per heavy atom. The first-order valence-electron chi connectivity index (χ1n) is 4.51. The lowest BCUT2D eigenvalue weighted by Crippen LogP contribution is -2.05. The predicted molar refractivity (Wildman–Crippen MR) is 63.5 cm³/mol. The molecule has 2 rings (SSSR count). The summed E-state index contributed by atoms with van der Waals surface area (Å²) in [6, 6.07) is 1.83. The number of aryl methyl sites for hydroxylation is 1. The second-order valence-corrected chi connectivity index (χ2v) is 5.08. The van der Waals surface area contributed by atoms with Gasteiger partial charge < -0.3 is 14.6 Å². The Morgan fingerprint density at radius 1 is 1.60 bits per heavy atom. The van der Waals surface area contributed by atoms with Crippen molar-refractivity contribution in [2.75, 3.05) is 13.2 Å². The van der Waals surface area contributed by atoms with Crippen LogP contribution in [0.25, 0.3) is 0 Å². The first kappa shape index (κ1) is 11.2. The molecule has 0 bridgehead atoms. The SMILES string of the molecule is Cc1cc(Br)c(Br)c(OCC2CO2)c1O. The molecule has 1 N–H and O–H groups in total. The number of rotatable bonds is 3. The van der Waals surface area contributed by atoms with E-state index in [4.69, 9.17) is 9.47 Å². The van der Waals surface area contributed by atoms with Crippen LogP contribution in [0.2, 0.25) is 0 Å². The Labute approximate surface area is 105 Å². The van der Waals surface area contributed by atoms with Crippen LogP contribution < -0.4 is 4.74 Å². The molecule has 1 unspecified atom stereocenters. The Hall–Kier alpha value is -0.260. The minimum Gasteiger partial charge on any atom is -0.504 e. The molecule has 82 valence electrons. The van der Waals surface area contributed by atoms with Gasteiger partial charge in [0.1, 0.15) is 12.7 Å². The summed E-state index contributed by atoms with van der Waals surface area (Å²) in [6.07, 6.45) is 0.176. The molecule has 1 aliphatic rings. The highest BCUT2D eigenvalue weighted by atomic mass is 79.9. The molecule has 1 saturated heterocycles. The van der Waals surface area contributed by atoms with Gasteiger partial charge in [0.25, 0.3) is 0 Å². The fraction of sp³-hybridized carbons (Fsp3) is 0.400. The molecule has 15 heavy (non-hydrogen) atoms. The molecule has 1 aromatic carbocycles. The van der Waals surface area contributed by atoms with Crippen molar-refractivity contribution in [1.29, 1.82) is 0 Å². The van der Waals surface area contributed by atoms with Crippen LogP contribution >= 0.6 is 31.9 Å². The monoisotopic (exact) mass is 336 g/mol. The first-order chi connectivity index (χ1) is 7.09. The van der Waals surface area contributed by atoms with Crippen LogP contribution in [0.15, 0.2) is 15.0 Å². The number of hydrogen-bond donors (Lipinski definition) is 1. The molecule has 0 aromatic heterocycles. The van der Waals surface area contributed by atoms with Crippen LogP contribution in [0.5, 0.6) is 11.5 Å². The second-order valence-electron chi connectivity index (χ2n) is 3.43. The van der Waals surface area contributed by atoms with Crippen molar-refractivity contribution >= 4 is 31.9 Å². The third-order valence-corrected chi connectivity index (χ3v) is 4.10. The van der Waals surface area contributed by atoms with E-state index in [0.717, 1.165) is 21.1 Å². The van der Waals surface area contributed by atoms with Crippen molar-refractivity contribution in [2.24, 2.45) is 0 Å². The van der Waals surface area contributed by atoms with Crippen molar-refractivity contribution in [3.63, 3.8) is 0 Å². The standard InChI is InChI=1S/C10H10Br2O3/c1-5-2-7(11)8(12)10(9(5)13)15-4-6-3-14-6/h2,6,13H,3-4H2,1H3. The smallest absolute Gasteiger partial charge is 0.176 e. The van der Waals surface area contributed by atoms with E-state index >= 15 is 0 Å². The van der Waals surface area contributed by atoms with Crippen molar-refractivity contribution in [2.45, 2.75) is 13.0 Å². The third kappa shape index (κ3) is 2.46. The molecular formula is C10H10Br2O3. The summed E-state index contributed by atoms with van der Waals surface area (Å²) in [5.41, 5.74) is 0.775. The van der Waals surface area contributed by atoms with E-state index in [2.05, 4.69) is 31.9 Å². The lowest BCUT2D eigenvalue weighted by molar-refractivity contribution is 0.252. The molecule has 5 heteroatoms. The average Bonchev–Trinajstić information content (AvgIpc) is 2.99. The van der Waals surface area contributed by atoms with E-state index in [1.165, 1.54) is 0 Å². The molecule has 0 aliphatic carbocycles. The molecule has 0 radical (unpaired) electrons. The number of phenolic OH excluding ortho intramolecular Hbond substituents is 1. The maximum Gasteiger partial charge on any atom is 0.176 e. The van der Waals surface area contributed by atoms with E-state index in [1.807, 2.05) is 13.0 Å². The third-order valence-electron chi connectivity index (χ3n) is 2.16. The van der Waals surface area contributed by atoms with Crippen LogP contribution in [0.3, 0.4) is 0 Å². The van der Waals surface area contributed by atoms with Gasteiger partial charge in [-0.15, -0.1) is 0 Å². The zero-order valence-corrected chi connectivity index (χ0v) is 11.3. The highest BCUT2D eigenvalue weighted by molar-refractivity contribution is 9.13. The maximum atomic E-state index is 9.82. The fourth-order valence-electron chi connectivity index (χ4n) is 1.19. The summed E-state index contributed by atoms with van der Waals surface area (Å²) < 4.78 is 12.1. The molecule has 1 atom stereocenters. The van der Waals surface area contributed by atoms with E-state index < -0.39 is 0 Å². The number of benzene rings is 1. The molecular weight excluding hydrogens is 328 g/mol. The van der Waals surface area contributed by atoms with Crippen molar-refractivity contribution < 1.29 is 14.6 Å².